The molecule has 0 bridgehead atoms. The molecule has 120 valence electrons. The molecule has 0 radical (unpaired) electrons. The van der Waals surface area contributed by atoms with Crippen LogP contribution in [0, 0.1) is 10.8 Å². The Morgan fingerprint density at radius 2 is 1.00 bits per heavy atom. The Labute approximate surface area is 122 Å². The molecule has 0 saturated carbocycles. The average Bonchev–Trinajstić information content (AvgIpc) is 2.52. The Bertz CT molecular complexity index is 407. The first kappa shape index (κ1) is 18.9. The van der Waals surface area contributed by atoms with E-state index in [1.807, 2.05) is 0 Å². The number of ether oxygens (including phenoxy) is 4. The van der Waals surface area contributed by atoms with Gasteiger partial charge in [0.05, 0.1) is 28.4 Å². The Morgan fingerprint density at radius 3 is 1.19 bits per heavy atom. The highest BCUT2D eigenvalue weighted by Gasteiger charge is 2.69. The van der Waals surface area contributed by atoms with E-state index in [4.69, 9.17) is 0 Å². The summed E-state index contributed by atoms with van der Waals surface area (Å²) in [5.41, 5.74) is -4.46. The Balaban J connectivity index is 6.55. The number of methoxy groups -OCH3 is 4. The molecule has 0 unspecified atom stereocenters. The van der Waals surface area contributed by atoms with Crippen LogP contribution in [0.4, 0.5) is 0 Å². The average molecular weight is 304 g/mol. The summed E-state index contributed by atoms with van der Waals surface area (Å²) in [7, 11) is 4.12. The van der Waals surface area contributed by atoms with Crippen molar-refractivity contribution in [2.75, 3.05) is 28.4 Å². The fourth-order valence-corrected chi connectivity index (χ4v) is 2.32. The van der Waals surface area contributed by atoms with Crippen LogP contribution in [0.5, 0.6) is 0 Å². The van der Waals surface area contributed by atoms with E-state index in [9.17, 15) is 19.2 Å². The lowest BCUT2D eigenvalue weighted by molar-refractivity contribution is -0.198. The molecular weight excluding hydrogens is 284 g/mol. The number of rotatable bonds is 6. The molecule has 0 aromatic heterocycles. The van der Waals surface area contributed by atoms with Crippen molar-refractivity contribution in [1.29, 1.82) is 0 Å². The molecule has 0 aliphatic heterocycles. The minimum absolute atomic E-state index is 0.229. The molecule has 21 heavy (non-hydrogen) atoms. The lowest BCUT2D eigenvalue weighted by atomic mass is 9.62. The number of hydrogen-bond acceptors (Lipinski definition) is 8. The molecule has 0 rings (SSSR count). The summed E-state index contributed by atoms with van der Waals surface area (Å²) >= 11 is 0. The zero-order valence-electron chi connectivity index (χ0n) is 13.0. The highest BCUT2D eigenvalue weighted by molar-refractivity contribution is 6.14. The zero-order valence-corrected chi connectivity index (χ0v) is 13.0. The fraction of sp³-hybridized carbons (Fsp3) is 0.692. The van der Waals surface area contributed by atoms with E-state index in [0.29, 0.717) is 0 Å². The van der Waals surface area contributed by atoms with Crippen LogP contribution >= 0.6 is 0 Å². The van der Waals surface area contributed by atoms with Crippen LogP contribution in [-0.2, 0) is 38.1 Å². The van der Waals surface area contributed by atoms with Gasteiger partial charge in [-0.3, -0.25) is 19.2 Å². The lowest BCUT2D eigenvalue weighted by Crippen LogP contribution is -2.60. The lowest BCUT2D eigenvalue weighted by Gasteiger charge is -2.38. The third-order valence-electron chi connectivity index (χ3n) is 3.64. The maximum absolute atomic E-state index is 12.2. The summed E-state index contributed by atoms with van der Waals surface area (Å²) in [5, 5.41) is 0. The second-order valence-corrected chi connectivity index (χ2v) is 4.35. The predicted octanol–water partition coefficient (Wildman–Crippen LogP) is 0.0811. The van der Waals surface area contributed by atoms with E-state index in [0.717, 1.165) is 35.4 Å². The van der Waals surface area contributed by atoms with Crippen molar-refractivity contribution in [2.45, 2.75) is 20.3 Å². The molecule has 0 aromatic rings. The van der Waals surface area contributed by atoms with Crippen LogP contribution in [0.2, 0.25) is 0 Å². The number of carbonyl (C=O) groups excluding carboxylic acids is 4. The van der Waals surface area contributed by atoms with Crippen LogP contribution in [0.3, 0.4) is 0 Å². The van der Waals surface area contributed by atoms with E-state index < -0.39 is 34.7 Å². The van der Waals surface area contributed by atoms with Crippen molar-refractivity contribution in [1.82, 2.24) is 0 Å². The highest BCUT2D eigenvalue weighted by Crippen LogP contribution is 2.46. The highest BCUT2D eigenvalue weighted by atomic mass is 16.6. The van der Waals surface area contributed by atoms with Crippen molar-refractivity contribution >= 4 is 23.9 Å². The summed E-state index contributed by atoms with van der Waals surface area (Å²) in [4.78, 5) is 48.7. The van der Waals surface area contributed by atoms with Crippen LogP contribution in [-0.4, -0.2) is 52.3 Å². The van der Waals surface area contributed by atoms with Gasteiger partial charge in [0.2, 0.25) is 0 Å². The van der Waals surface area contributed by atoms with Gasteiger partial charge in [0.15, 0.2) is 10.8 Å². The van der Waals surface area contributed by atoms with Gasteiger partial charge in [-0.25, -0.2) is 0 Å². The maximum Gasteiger partial charge on any atom is 0.325 e. The van der Waals surface area contributed by atoms with Gasteiger partial charge < -0.3 is 18.9 Å². The maximum atomic E-state index is 12.2. The van der Waals surface area contributed by atoms with Gasteiger partial charge in [0, 0.05) is 0 Å². The van der Waals surface area contributed by atoms with E-state index in [2.05, 4.69) is 18.9 Å². The fourth-order valence-electron chi connectivity index (χ4n) is 2.32. The molecule has 0 atom stereocenters. The molecule has 8 nitrogen and oxygen atoms in total. The number of carbonyl (C=O) groups is 4. The van der Waals surface area contributed by atoms with Crippen molar-refractivity contribution < 1.29 is 38.1 Å². The molecule has 0 aromatic carbocycles. The summed E-state index contributed by atoms with van der Waals surface area (Å²) < 4.78 is 18.4. The van der Waals surface area contributed by atoms with Gasteiger partial charge in [-0.2, -0.15) is 0 Å². The van der Waals surface area contributed by atoms with Crippen molar-refractivity contribution in [3.05, 3.63) is 0 Å². The molecule has 0 N–H and O–H groups in total. The normalized spacial score (nSPS) is 11.3. The first-order valence-electron chi connectivity index (χ1n) is 6.08. The van der Waals surface area contributed by atoms with Crippen molar-refractivity contribution in [3.63, 3.8) is 0 Å². The summed E-state index contributed by atoms with van der Waals surface area (Å²) in [6.45, 7) is 2.53. The van der Waals surface area contributed by atoms with Crippen LogP contribution < -0.4 is 0 Å². The predicted molar refractivity (Wildman–Crippen MR) is 68.9 cm³/mol. The van der Waals surface area contributed by atoms with Gasteiger partial charge in [0.1, 0.15) is 0 Å². The molecular formula is C13H20O8. The minimum Gasteiger partial charge on any atom is -0.468 e. The molecule has 0 heterocycles. The summed E-state index contributed by atoms with van der Waals surface area (Å²) in [6, 6.07) is 0. The zero-order chi connectivity index (χ0) is 16.8. The Hall–Kier alpha value is -2.12. The Kier molecular flexibility index (Phi) is 6.34. The third kappa shape index (κ3) is 2.57. The number of hydrogen-bond donors (Lipinski definition) is 0. The molecule has 8 heteroatoms. The van der Waals surface area contributed by atoms with Crippen LogP contribution in [0.1, 0.15) is 20.3 Å². The summed E-state index contributed by atoms with van der Waals surface area (Å²) in [5.74, 6) is -4.38. The third-order valence-corrected chi connectivity index (χ3v) is 3.64. The topological polar surface area (TPSA) is 105 Å². The second-order valence-electron chi connectivity index (χ2n) is 4.35. The van der Waals surface area contributed by atoms with Gasteiger partial charge in [-0.15, -0.1) is 0 Å². The molecule has 0 spiro atoms. The van der Waals surface area contributed by atoms with Gasteiger partial charge in [-0.1, -0.05) is 6.92 Å². The first-order chi connectivity index (χ1) is 9.74. The molecule has 0 saturated heterocycles. The van der Waals surface area contributed by atoms with Crippen molar-refractivity contribution in [2.24, 2.45) is 10.8 Å². The van der Waals surface area contributed by atoms with Gasteiger partial charge in [-0.05, 0) is 13.3 Å². The minimum atomic E-state index is -2.24. The van der Waals surface area contributed by atoms with Crippen molar-refractivity contribution in [3.8, 4) is 0 Å². The molecule has 0 aliphatic rings. The standard InChI is InChI=1S/C13H20O8/c1-7-13(10(16)20-5,11(17)21-6)12(2,8(14)18-3)9(15)19-4/h7H2,1-6H3. The van der Waals surface area contributed by atoms with E-state index in [1.165, 1.54) is 6.92 Å². The smallest absolute Gasteiger partial charge is 0.325 e. The summed E-state index contributed by atoms with van der Waals surface area (Å²) in [6.07, 6.45) is -0.229. The second kappa shape index (κ2) is 7.05. The van der Waals surface area contributed by atoms with Crippen LogP contribution in [0.25, 0.3) is 0 Å². The molecule has 0 amide bonds. The largest absolute Gasteiger partial charge is 0.468 e. The van der Waals surface area contributed by atoms with E-state index in [-0.39, 0.29) is 6.42 Å². The first-order valence-corrected chi connectivity index (χ1v) is 6.08. The van der Waals surface area contributed by atoms with Gasteiger partial charge in [0.25, 0.3) is 0 Å². The molecule has 0 aliphatic carbocycles. The SMILES string of the molecule is CCC(C(=O)OC)(C(=O)OC)C(C)(C(=O)OC)C(=O)OC. The monoisotopic (exact) mass is 304 g/mol. The quantitative estimate of drug-likeness (QED) is 0.386. The van der Waals surface area contributed by atoms with Crippen LogP contribution in [0.15, 0.2) is 0 Å². The molecule has 0 fully saturated rings. The van der Waals surface area contributed by atoms with Gasteiger partial charge >= 0.3 is 23.9 Å². The van der Waals surface area contributed by atoms with E-state index in [1.54, 1.807) is 0 Å². The number of esters is 4. The van der Waals surface area contributed by atoms with E-state index >= 15 is 0 Å². The Morgan fingerprint density at radius 1 is 0.714 bits per heavy atom.